The maximum Gasteiger partial charge on any atom is 0.239 e. The van der Waals surface area contributed by atoms with E-state index in [4.69, 9.17) is 19.3 Å². The molecular formula is C26H32N2O7. The molecule has 2 aromatic carbocycles. The minimum atomic E-state index is -1.55. The number of methoxy groups -OCH3 is 1. The average Bonchev–Trinajstić information content (AvgIpc) is 3.23. The number of hydrogen-bond acceptors (Lipinski definition) is 8. The van der Waals surface area contributed by atoms with Gasteiger partial charge in [-0.25, -0.2) is 0 Å². The van der Waals surface area contributed by atoms with Crippen molar-refractivity contribution >= 4 is 0 Å². The Morgan fingerprint density at radius 2 is 1.74 bits per heavy atom. The van der Waals surface area contributed by atoms with Crippen molar-refractivity contribution in [2.45, 2.75) is 57.0 Å². The summed E-state index contributed by atoms with van der Waals surface area (Å²) in [5, 5.41) is 45.2. The molecule has 0 bridgehead atoms. The predicted molar refractivity (Wildman–Crippen MR) is 128 cm³/mol. The van der Waals surface area contributed by atoms with Gasteiger partial charge in [0.25, 0.3) is 0 Å². The van der Waals surface area contributed by atoms with Crippen molar-refractivity contribution in [2.24, 2.45) is 0 Å². The van der Waals surface area contributed by atoms with Crippen LogP contribution in [0, 0.1) is 0 Å². The molecule has 9 nitrogen and oxygen atoms in total. The second-order valence-electron chi connectivity index (χ2n) is 8.88. The van der Waals surface area contributed by atoms with E-state index < -0.39 is 37.3 Å². The van der Waals surface area contributed by atoms with E-state index in [1.807, 2.05) is 73.1 Å². The van der Waals surface area contributed by atoms with Crippen molar-refractivity contribution in [3.05, 3.63) is 65.7 Å². The van der Waals surface area contributed by atoms with Crippen LogP contribution in [0.5, 0.6) is 11.6 Å². The van der Waals surface area contributed by atoms with Crippen molar-refractivity contribution in [1.29, 1.82) is 0 Å². The highest BCUT2D eigenvalue weighted by Gasteiger charge is 2.45. The number of rotatable bonds is 8. The van der Waals surface area contributed by atoms with Gasteiger partial charge in [0.1, 0.15) is 30.2 Å². The Morgan fingerprint density at radius 1 is 1.00 bits per heavy atom. The highest BCUT2D eigenvalue weighted by Crippen LogP contribution is 2.36. The molecule has 0 radical (unpaired) electrons. The summed E-state index contributed by atoms with van der Waals surface area (Å²) >= 11 is 0. The number of hydrogen-bond donors (Lipinski definition) is 4. The molecule has 1 fully saturated rings. The molecule has 1 aliphatic rings. The molecule has 4 rings (SSSR count). The SMILES string of the molecule is COc1cccc(Cc2c(O[C@@H]3O[C@H](CO)[C@@H](O)[C@H](O)[C@H]3O)nn(C(C)C)c2-c2ccccc2)c1. The van der Waals surface area contributed by atoms with Gasteiger partial charge >= 0.3 is 0 Å². The Morgan fingerprint density at radius 3 is 2.40 bits per heavy atom. The van der Waals surface area contributed by atoms with Gasteiger partial charge in [-0.15, -0.1) is 5.10 Å². The summed E-state index contributed by atoms with van der Waals surface area (Å²) in [5.74, 6) is 0.945. The number of benzene rings is 2. The smallest absolute Gasteiger partial charge is 0.239 e. The summed E-state index contributed by atoms with van der Waals surface area (Å²) in [5.41, 5.74) is 3.51. The Hall–Kier alpha value is -2.95. The number of aliphatic hydroxyl groups is 4. The Kier molecular flexibility index (Phi) is 7.73. The van der Waals surface area contributed by atoms with Gasteiger partial charge in [0.2, 0.25) is 12.2 Å². The van der Waals surface area contributed by atoms with Gasteiger partial charge in [0, 0.05) is 23.6 Å². The van der Waals surface area contributed by atoms with Crippen LogP contribution in [0.3, 0.4) is 0 Å². The van der Waals surface area contributed by atoms with Crippen molar-refractivity contribution in [1.82, 2.24) is 9.78 Å². The lowest BCUT2D eigenvalue weighted by atomic mass is 9.99. The Balaban J connectivity index is 1.80. The molecule has 0 unspecified atom stereocenters. The maximum atomic E-state index is 10.5. The normalized spacial score (nSPS) is 24.5. The van der Waals surface area contributed by atoms with E-state index in [0.717, 1.165) is 28.1 Å². The molecule has 2 heterocycles. The van der Waals surface area contributed by atoms with Gasteiger partial charge in [-0.2, -0.15) is 0 Å². The van der Waals surface area contributed by atoms with Gasteiger partial charge in [-0.3, -0.25) is 4.68 Å². The predicted octanol–water partition coefficient (Wildman–Crippen LogP) is 1.91. The molecule has 35 heavy (non-hydrogen) atoms. The van der Waals surface area contributed by atoms with Crippen LogP contribution < -0.4 is 9.47 Å². The van der Waals surface area contributed by atoms with E-state index >= 15 is 0 Å². The molecule has 5 atom stereocenters. The third-order valence-electron chi connectivity index (χ3n) is 6.10. The first-order valence-electron chi connectivity index (χ1n) is 11.6. The zero-order valence-electron chi connectivity index (χ0n) is 20.0. The van der Waals surface area contributed by atoms with Crippen LogP contribution in [0.1, 0.15) is 31.0 Å². The van der Waals surface area contributed by atoms with Crippen LogP contribution in [0.15, 0.2) is 54.6 Å². The second kappa shape index (κ2) is 10.8. The van der Waals surface area contributed by atoms with Crippen LogP contribution in [0.2, 0.25) is 0 Å². The highest BCUT2D eigenvalue weighted by atomic mass is 16.7. The lowest BCUT2D eigenvalue weighted by Crippen LogP contribution is -2.60. The van der Waals surface area contributed by atoms with Crippen LogP contribution in [-0.2, 0) is 11.2 Å². The topological polar surface area (TPSA) is 126 Å². The van der Waals surface area contributed by atoms with E-state index in [1.54, 1.807) is 7.11 Å². The lowest BCUT2D eigenvalue weighted by Gasteiger charge is -2.39. The minimum absolute atomic E-state index is 0.0126. The number of nitrogens with zero attached hydrogens (tertiary/aromatic N) is 2. The molecule has 1 saturated heterocycles. The van der Waals surface area contributed by atoms with E-state index in [-0.39, 0.29) is 11.9 Å². The molecule has 0 spiro atoms. The summed E-state index contributed by atoms with van der Waals surface area (Å²) in [6, 6.07) is 17.5. The number of aliphatic hydroxyl groups excluding tert-OH is 4. The van der Waals surface area contributed by atoms with E-state index in [2.05, 4.69) is 0 Å². The molecule has 0 saturated carbocycles. The minimum Gasteiger partial charge on any atom is -0.497 e. The van der Waals surface area contributed by atoms with E-state index in [9.17, 15) is 20.4 Å². The Bertz CT molecular complexity index is 1120. The molecular weight excluding hydrogens is 452 g/mol. The molecule has 4 N–H and O–H groups in total. The molecule has 1 aliphatic heterocycles. The van der Waals surface area contributed by atoms with Crippen molar-refractivity contribution in [3.63, 3.8) is 0 Å². The lowest BCUT2D eigenvalue weighted by molar-refractivity contribution is -0.278. The monoisotopic (exact) mass is 484 g/mol. The first-order chi connectivity index (χ1) is 16.8. The van der Waals surface area contributed by atoms with Gasteiger partial charge in [-0.05, 0) is 31.5 Å². The summed E-state index contributed by atoms with van der Waals surface area (Å²) < 4.78 is 18.9. The van der Waals surface area contributed by atoms with Crippen LogP contribution in [0.25, 0.3) is 11.3 Å². The summed E-state index contributed by atoms with van der Waals surface area (Å²) in [6.45, 7) is 3.47. The first kappa shape index (κ1) is 25.2. The maximum absolute atomic E-state index is 10.5. The van der Waals surface area contributed by atoms with Crippen LogP contribution >= 0.6 is 0 Å². The van der Waals surface area contributed by atoms with Crippen molar-refractivity contribution < 1.29 is 34.6 Å². The molecule has 0 aliphatic carbocycles. The number of aromatic nitrogens is 2. The van der Waals surface area contributed by atoms with Gasteiger partial charge < -0.3 is 34.6 Å². The van der Waals surface area contributed by atoms with Crippen LogP contribution in [-0.4, -0.2) is 74.6 Å². The molecule has 0 amide bonds. The van der Waals surface area contributed by atoms with Gasteiger partial charge in [-0.1, -0.05) is 42.5 Å². The van der Waals surface area contributed by atoms with Crippen LogP contribution in [0.4, 0.5) is 0 Å². The third-order valence-corrected chi connectivity index (χ3v) is 6.10. The van der Waals surface area contributed by atoms with Gasteiger partial charge in [0.05, 0.1) is 19.4 Å². The quantitative estimate of drug-likeness (QED) is 0.382. The average molecular weight is 485 g/mol. The third kappa shape index (κ3) is 5.19. The number of ether oxygens (including phenoxy) is 3. The van der Waals surface area contributed by atoms with E-state index in [1.165, 1.54) is 0 Å². The first-order valence-corrected chi connectivity index (χ1v) is 11.6. The zero-order chi connectivity index (χ0) is 25.1. The summed E-state index contributed by atoms with van der Waals surface area (Å²) in [6.07, 6.45) is -6.54. The van der Waals surface area contributed by atoms with Crippen molar-refractivity contribution in [2.75, 3.05) is 13.7 Å². The fourth-order valence-electron chi connectivity index (χ4n) is 4.24. The Labute approximate surface area is 204 Å². The highest BCUT2D eigenvalue weighted by molar-refractivity contribution is 5.67. The zero-order valence-corrected chi connectivity index (χ0v) is 20.0. The summed E-state index contributed by atoms with van der Waals surface area (Å²) in [7, 11) is 1.61. The fourth-order valence-corrected chi connectivity index (χ4v) is 4.24. The second-order valence-corrected chi connectivity index (χ2v) is 8.88. The fraction of sp³-hybridized carbons (Fsp3) is 0.423. The van der Waals surface area contributed by atoms with E-state index in [0.29, 0.717) is 6.42 Å². The summed E-state index contributed by atoms with van der Waals surface area (Å²) in [4.78, 5) is 0. The molecule has 188 valence electrons. The van der Waals surface area contributed by atoms with Crippen molar-refractivity contribution in [3.8, 4) is 22.9 Å². The molecule has 1 aromatic heterocycles. The van der Waals surface area contributed by atoms with Gasteiger partial charge in [0.15, 0.2) is 0 Å². The standard InChI is InChI=1S/C26H32N2O7/c1-15(2)28-21(17-9-5-4-6-10-17)19(13-16-8-7-11-18(12-16)33-3)25(27-28)35-26-24(32)23(31)22(30)20(14-29)34-26/h4-12,15,20,22-24,26,29-32H,13-14H2,1-3H3/t20-,22-,23+,24-,26+/m1/s1. The largest absolute Gasteiger partial charge is 0.497 e. The molecule has 9 heteroatoms. The molecule has 3 aromatic rings.